The lowest BCUT2D eigenvalue weighted by Crippen LogP contribution is -2.45. The summed E-state index contributed by atoms with van der Waals surface area (Å²) in [4.78, 5) is 24.7. The summed E-state index contributed by atoms with van der Waals surface area (Å²) in [6, 6.07) is 10.2. The Morgan fingerprint density at radius 3 is 2.10 bits per heavy atom. The van der Waals surface area contributed by atoms with E-state index in [0.29, 0.717) is 11.4 Å². The molecule has 0 aliphatic carbocycles. The summed E-state index contributed by atoms with van der Waals surface area (Å²) in [7, 11) is -2.50. The number of sulfonamides is 1. The first-order valence-corrected chi connectivity index (χ1v) is 11.2. The number of hydrogen-bond donors (Lipinski definition) is 2. The zero-order valence-electron chi connectivity index (χ0n) is 18.3. The van der Waals surface area contributed by atoms with Crippen LogP contribution >= 0.6 is 0 Å². The standard InChI is InChI=1S/C22H28N2O6S/c1-14(2)21(24-31(27,28)19-8-6-18(29-5)7-9-19)22(26)30-13-20(25)23-17-11-15(3)10-16(4)12-17/h6-12,14,21,24H,13H2,1-5H3,(H,23,25). The van der Waals surface area contributed by atoms with E-state index in [0.717, 1.165) is 11.1 Å². The number of rotatable bonds is 9. The molecule has 2 aromatic rings. The number of hydrogen-bond acceptors (Lipinski definition) is 6. The molecular formula is C22H28N2O6S. The fourth-order valence-corrected chi connectivity index (χ4v) is 4.25. The van der Waals surface area contributed by atoms with Gasteiger partial charge in [-0.1, -0.05) is 19.9 Å². The summed E-state index contributed by atoms with van der Waals surface area (Å²) in [5, 5.41) is 2.67. The van der Waals surface area contributed by atoms with Crippen molar-refractivity contribution in [3.63, 3.8) is 0 Å². The van der Waals surface area contributed by atoms with Crippen LogP contribution in [0.3, 0.4) is 0 Å². The molecular weight excluding hydrogens is 420 g/mol. The Hall–Kier alpha value is -2.91. The molecule has 168 valence electrons. The van der Waals surface area contributed by atoms with Crippen LogP contribution in [0.25, 0.3) is 0 Å². The molecule has 0 spiro atoms. The minimum Gasteiger partial charge on any atom is -0.497 e. The van der Waals surface area contributed by atoms with Gasteiger partial charge >= 0.3 is 5.97 Å². The van der Waals surface area contributed by atoms with Crippen molar-refractivity contribution in [2.75, 3.05) is 19.0 Å². The smallest absolute Gasteiger partial charge is 0.324 e. The van der Waals surface area contributed by atoms with Crippen LogP contribution in [0.4, 0.5) is 5.69 Å². The van der Waals surface area contributed by atoms with Gasteiger partial charge in [-0.15, -0.1) is 0 Å². The Kier molecular flexibility index (Phi) is 8.18. The number of aryl methyl sites for hydroxylation is 2. The average molecular weight is 449 g/mol. The molecule has 8 nitrogen and oxygen atoms in total. The second-order valence-electron chi connectivity index (χ2n) is 7.55. The van der Waals surface area contributed by atoms with E-state index < -0.39 is 40.5 Å². The lowest BCUT2D eigenvalue weighted by Gasteiger charge is -2.21. The first-order chi connectivity index (χ1) is 14.5. The predicted molar refractivity (Wildman–Crippen MR) is 117 cm³/mol. The van der Waals surface area contributed by atoms with Crippen molar-refractivity contribution >= 4 is 27.6 Å². The highest BCUT2D eigenvalue weighted by molar-refractivity contribution is 7.89. The minimum atomic E-state index is -3.98. The third-order valence-electron chi connectivity index (χ3n) is 4.42. The van der Waals surface area contributed by atoms with Crippen molar-refractivity contribution in [1.29, 1.82) is 0 Å². The fraction of sp³-hybridized carbons (Fsp3) is 0.364. The second kappa shape index (κ2) is 10.4. The predicted octanol–water partition coefficient (Wildman–Crippen LogP) is 2.80. The molecule has 0 heterocycles. The van der Waals surface area contributed by atoms with Gasteiger partial charge in [0.05, 0.1) is 12.0 Å². The second-order valence-corrected chi connectivity index (χ2v) is 9.26. The molecule has 9 heteroatoms. The van der Waals surface area contributed by atoms with E-state index in [1.54, 1.807) is 26.0 Å². The van der Waals surface area contributed by atoms with Crippen LogP contribution < -0.4 is 14.8 Å². The normalized spacial score (nSPS) is 12.3. The Morgan fingerprint density at radius 2 is 1.58 bits per heavy atom. The van der Waals surface area contributed by atoms with Gasteiger partial charge in [0.15, 0.2) is 6.61 Å². The highest BCUT2D eigenvalue weighted by Crippen LogP contribution is 2.17. The summed E-state index contributed by atoms with van der Waals surface area (Å²) < 4.78 is 37.8. The molecule has 0 aliphatic rings. The highest BCUT2D eigenvalue weighted by atomic mass is 32.2. The highest BCUT2D eigenvalue weighted by Gasteiger charge is 2.30. The van der Waals surface area contributed by atoms with Crippen LogP contribution in [0.2, 0.25) is 0 Å². The van der Waals surface area contributed by atoms with Gasteiger partial charge in [-0.05, 0) is 67.3 Å². The topological polar surface area (TPSA) is 111 Å². The van der Waals surface area contributed by atoms with Crippen LogP contribution in [0.5, 0.6) is 5.75 Å². The van der Waals surface area contributed by atoms with Crippen molar-refractivity contribution < 1.29 is 27.5 Å². The number of esters is 1. The number of methoxy groups -OCH3 is 1. The number of carbonyl (C=O) groups is 2. The third kappa shape index (κ3) is 7.08. The molecule has 1 amide bonds. The zero-order valence-corrected chi connectivity index (χ0v) is 19.1. The molecule has 2 rings (SSSR count). The maximum absolute atomic E-state index is 12.7. The quantitative estimate of drug-likeness (QED) is 0.571. The fourth-order valence-electron chi connectivity index (χ4n) is 2.92. The van der Waals surface area contributed by atoms with Crippen molar-refractivity contribution in [2.45, 2.75) is 38.6 Å². The van der Waals surface area contributed by atoms with Gasteiger partial charge in [0, 0.05) is 5.69 Å². The number of amides is 1. The molecule has 0 saturated heterocycles. The maximum Gasteiger partial charge on any atom is 0.324 e. The van der Waals surface area contributed by atoms with Gasteiger partial charge in [0.25, 0.3) is 5.91 Å². The van der Waals surface area contributed by atoms with E-state index in [1.807, 2.05) is 19.9 Å². The Balaban J connectivity index is 2.01. The molecule has 1 unspecified atom stereocenters. The number of carbonyl (C=O) groups excluding carboxylic acids is 2. The molecule has 2 aromatic carbocycles. The Morgan fingerprint density at radius 1 is 1.00 bits per heavy atom. The summed E-state index contributed by atoms with van der Waals surface area (Å²) in [6.07, 6.45) is 0. The number of ether oxygens (including phenoxy) is 2. The van der Waals surface area contributed by atoms with Gasteiger partial charge in [0.1, 0.15) is 11.8 Å². The largest absolute Gasteiger partial charge is 0.497 e. The van der Waals surface area contributed by atoms with Crippen LogP contribution in [0.15, 0.2) is 47.4 Å². The summed E-state index contributed by atoms with van der Waals surface area (Å²) in [5.41, 5.74) is 2.57. The number of benzene rings is 2. The molecule has 31 heavy (non-hydrogen) atoms. The van der Waals surface area contributed by atoms with Gasteiger partial charge in [-0.3, -0.25) is 9.59 Å². The van der Waals surface area contributed by atoms with Crippen LogP contribution in [0, 0.1) is 19.8 Å². The van der Waals surface area contributed by atoms with E-state index in [2.05, 4.69) is 10.0 Å². The van der Waals surface area contributed by atoms with Gasteiger partial charge < -0.3 is 14.8 Å². The van der Waals surface area contributed by atoms with E-state index >= 15 is 0 Å². The van der Waals surface area contributed by atoms with Crippen molar-refractivity contribution in [1.82, 2.24) is 4.72 Å². The van der Waals surface area contributed by atoms with Crippen LogP contribution in [-0.4, -0.2) is 40.1 Å². The van der Waals surface area contributed by atoms with Gasteiger partial charge in [-0.2, -0.15) is 4.72 Å². The van der Waals surface area contributed by atoms with E-state index in [1.165, 1.54) is 31.4 Å². The molecule has 0 aromatic heterocycles. The molecule has 2 N–H and O–H groups in total. The molecule has 0 saturated carbocycles. The molecule has 0 bridgehead atoms. The zero-order chi connectivity index (χ0) is 23.2. The first-order valence-electron chi connectivity index (χ1n) is 9.73. The summed E-state index contributed by atoms with van der Waals surface area (Å²) in [5.74, 6) is -1.24. The number of nitrogens with one attached hydrogen (secondary N) is 2. The monoisotopic (exact) mass is 448 g/mol. The minimum absolute atomic E-state index is 0.0145. The molecule has 0 radical (unpaired) electrons. The first kappa shape index (κ1) is 24.4. The summed E-state index contributed by atoms with van der Waals surface area (Å²) >= 11 is 0. The molecule has 1 atom stereocenters. The van der Waals surface area contributed by atoms with Crippen LogP contribution in [0.1, 0.15) is 25.0 Å². The van der Waals surface area contributed by atoms with E-state index in [9.17, 15) is 18.0 Å². The Labute approximate surface area is 183 Å². The maximum atomic E-state index is 12.7. The van der Waals surface area contributed by atoms with Crippen molar-refractivity contribution in [3.8, 4) is 5.75 Å². The van der Waals surface area contributed by atoms with E-state index in [-0.39, 0.29) is 4.90 Å². The average Bonchev–Trinajstić information content (AvgIpc) is 2.69. The SMILES string of the molecule is COc1ccc(S(=O)(=O)NC(C(=O)OCC(=O)Nc2cc(C)cc(C)c2)C(C)C)cc1. The van der Waals surface area contributed by atoms with Crippen molar-refractivity contribution in [2.24, 2.45) is 5.92 Å². The number of anilines is 1. The lowest BCUT2D eigenvalue weighted by molar-refractivity contribution is -0.150. The van der Waals surface area contributed by atoms with Crippen LogP contribution in [-0.2, 0) is 24.3 Å². The molecule has 0 fully saturated rings. The van der Waals surface area contributed by atoms with Gasteiger partial charge in [0.2, 0.25) is 10.0 Å². The van der Waals surface area contributed by atoms with Gasteiger partial charge in [-0.25, -0.2) is 8.42 Å². The Bertz CT molecular complexity index is 1010. The van der Waals surface area contributed by atoms with E-state index in [4.69, 9.17) is 9.47 Å². The molecule has 0 aliphatic heterocycles. The summed E-state index contributed by atoms with van der Waals surface area (Å²) in [6.45, 7) is 6.64. The lowest BCUT2D eigenvalue weighted by atomic mass is 10.1. The third-order valence-corrected chi connectivity index (χ3v) is 5.88. The van der Waals surface area contributed by atoms with Crippen molar-refractivity contribution in [3.05, 3.63) is 53.6 Å².